The van der Waals surface area contributed by atoms with Gasteiger partial charge in [-0.1, -0.05) is 11.6 Å². The molecule has 2 atom stereocenters. The lowest BCUT2D eigenvalue weighted by Gasteiger charge is -2.42. The van der Waals surface area contributed by atoms with Crippen LogP contribution in [0.2, 0.25) is 5.15 Å². The number of rotatable bonds is 4. The SMILES string of the molecule is CC(C)(C)OC(=O)N1C2CCC1CN(c1cc(OCC34CCCN3CCC4)nc3c(F)c(Cl)ncc13)C2. The monoisotopic (exact) mass is 531 g/mol. The van der Waals surface area contributed by atoms with Gasteiger partial charge in [0, 0.05) is 30.7 Å². The van der Waals surface area contributed by atoms with Crippen LogP contribution in [0.25, 0.3) is 10.9 Å². The molecule has 10 heteroatoms. The van der Waals surface area contributed by atoms with Gasteiger partial charge < -0.3 is 14.4 Å². The Labute approximate surface area is 222 Å². The van der Waals surface area contributed by atoms with Gasteiger partial charge in [-0.15, -0.1) is 0 Å². The predicted molar refractivity (Wildman–Crippen MR) is 140 cm³/mol. The minimum atomic E-state index is -0.636. The van der Waals surface area contributed by atoms with E-state index in [1.54, 1.807) is 6.20 Å². The summed E-state index contributed by atoms with van der Waals surface area (Å²) in [6, 6.07) is 1.96. The van der Waals surface area contributed by atoms with Crippen molar-refractivity contribution in [1.82, 2.24) is 19.8 Å². The van der Waals surface area contributed by atoms with Crippen LogP contribution < -0.4 is 9.64 Å². The van der Waals surface area contributed by atoms with Crippen LogP contribution in [0.5, 0.6) is 5.88 Å². The zero-order chi connectivity index (χ0) is 25.9. The summed E-state index contributed by atoms with van der Waals surface area (Å²) < 4.78 is 27.2. The summed E-state index contributed by atoms with van der Waals surface area (Å²) in [5.41, 5.74) is 0.499. The van der Waals surface area contributed by atoms with Crippen LogP contribution in [-0.4, -0.2) is 81.9 Å². The lowest BCUT2D eigenvalue weighted by molar-refractivity contribution is 0.0123. The smallest absolute Gasteiger partial charge is 0.410 e. The number of anilines is 1. The number of piperazine rings is 1. The summed E-state index contributed by atoms with van der Waals surface area (Å²) in [6.07, 6.45) is 7.73. The Hall–Kier alpha value is -2.39. The lowest BCUT2D eigenvalue weighted by atomic mass is 9.95. The molecule has 2 unspecified atom stereocenters. The standard InChI is InChI=1S/C27H35ClFN5O3/c1-26(2,3)37-25(35)34-17-6-7-18(34)15-32(14-17)20-12-21(31-23-19(20)13-30-24(28)22(23)29)36-16-27-8-4-10-33(27)11-5-9-27/h12-13,17-18H,4-11,14-16H2,1-3H3. The van der Waals surface area contributed by atoms with Crippen molar-refractivity contribution in [3.05, 3.63) is 23.2 Å². The van der Waals surface area contributed by atoms with Crippen molar-refractivity contribution in [3.63, 3.8) is 0 Å². The minimum Gasteiger partial charge on any atom is -0.476 e. The molecular weight excluding hydrogens is 497 g/mol. The first kappa shape index (κ1) is 24.9. The fourth-order valence-corrected chi connectivity index (χ4v) is 6.94. The maximum atomic E-state index is 15.2. The molecule has 0 saturated carbocycles. The van der Waals surface area contributed by atoms with Crippen LogP contribution in [0.4, 0.5) is 14.9 Å². The van der Waals surface area contributed by atoms with Gasteiger partial charge in [-0.2, -0.15) is 0 Å². The van der Waals surface area contributed by atoms with Gasteiger partial charge in [0.25, 0.3) is 0 Å². The zero-order valence-corrected chi connectivity index (χ0v) is 22.6. The molecule has 200 valence electrons. The number of nitrogens with zero attached hydrogens (tertiary/aromatic N) is 5. The van der Waals surface area contributed by atoms with Gasteiger partial charge in [0.1, 0.15) is 17.7 Å². The van der Waals surface area contributed by atoms with Crippen molar-refractivity contribution in [2.24, 2.45) is 0 Å². The molecule has 0 aromatic carbocycles. The largest absolute Gasteiger partial charge is 0.476 e. The normalized spacial score (nSPS) is 25.1. The number of fused-ring (bicyclic) bond motifs is 4. The van der Waals surface area contributed by atoms with E-state index in [1.165, 1.54) is 12.8 Å². The third-order valence-corrected chi connectivity index (χ3v) is 8.70. The van der Waals surface area contributed by atoms with E-state index in [4.69, 9.17) is 21.1 Å². The number of hydrogen-bond donors (Lipinski definition) is 0. The Morgan fingerprint density at radius 1 is 1.19 bits per heavy atom. The zero-order valence-electron chi connectivity index (χ0n) is 21.8. The van der Waals surface area contributed by atoms with E-state index in [1.807, 2.05) is 31.7 Å². The molecule has 1 amide bonds. The summed E-state index contributed by atoms with van der Waals surface area (Å²) in [7, 11) is 0. The Balaban J connectivity index is 1.30. The number of halogens is 2. The first-order chi connectivity index (χ1) is 17.6. The topological polar surface area (TPSA) is 71.0 Å². The van der Waals surface area contributed by atoms with E-state index in [0.717, 1.165) is 44.5 Å². The van der Waals surface area contributed by atoms with Gasteiger partial charge in [-0.25, -0.2) is 19.2 Å². The molecule has 2 bridgehead atoms. The van der Waals surface area contributed by atoms with Crippen molar-refractivity contribution in [2.45, 2.75) is 82.5 Å². The summed E-state index contributed by atoms with van der Waals surface area (Å²) >= 11 is 6.05. The van der Waals surface area contributed by atoms with Crippen molar-refractivity contribution >= 4 is 34.3 Å². The molecule has 0 aliphatic carbocycles. The summed E-state index contributed by atoms with van der Waals surface area (Å²) in [4.78, 5) is 28.2. The number of ether oxygens (including phenoxy) is 2. The van der Waals surface area contributed by atoms with Crippen molar-refractivity contribution < 1.29 is 18.7 Å². The molecule has 0 radical (unpaired) electrons. The summed E-state index contributed by atoms with van der Waals surface area (Å²) in [6.45, 7) is 9.67. The highest BCUT2D eigenvalue weighted by Gasteiger charge is 2.46. The molecular formula is C27H35ClFN5O3. The molecule has 6 rings (SSSR count). The fourth-order valence-electron chi connectivity index (χ4n) is 6.81. The van der Waals surface area contributed by atoms with Crippen LogP contribution in [0.3, 0.4) is 0 Å². The van der Waals surface area contributed by atoms with Crippen LogP contribution in [0, 0.1) is 5.82 Å². The van der Waals surface area contributed by atoms with Gasteiger partial charge in [-0.3, -0.25) is 9.80 Å². The maximum Gasteiger partial charge on any atom is 0.410 e. The molecule has 4 aliphatic rings. The van der Waals surface area contributed by atoms with Crippen molar-refractivity contribution in [2.75, 3.05) is 37.7 Å². The van der Waals surface area contributed by atoms with Crippen molar-refractivity contribution in [1.29, 1.82) is 0 Å². The molecule has 2 aromatic heterocycles. The third-order valence-electron chi connectivity index (χ3n) is 8.44. The Kier molecular flexibility index (Phi) is 6.14. The average molecular weight is 532 g/mol. The highest BCUT2D eigenvalue weighted by Crippen LogP contribution is 2.41. The predicted octanol–water partition coefficient (Wildman–Crippen LogP) is 5.02. The first-order valence-electron chi connectivity index (χ1n) is 13.4. The van der Waals surface area contributed by atoms with E-state index >= 15 is 4.39 Å². The van der Waals surface area contributed by atoms with Gasteiger partial charge in [0.15, 0.2) is 11.0 Å². The second-order valence-electron chi connectivity index (χ2n) is 12.0. The van der Waals surface area contributed by atoms with Crippen LogP contribution in [0.15, 0.2) is 12.3 Å². The Morgan fingerprint density at radius 3 is 2.51 bits per heavy atom. The lowest BCUT2D eigenvalue weighted by Crippen LogP contribution is -2.56. The Morgan fingerprint density at radius 2 is 1.86 bits per heavy atom. The molecule has 8 nitrogen and oxygen atoms in total. The van der Waals surface area contributed by atoms with Crippen LogP contribution >= 0.6 is 11.6 Å². The molecule has 4 saturated heterocycles. The fraction of sp³-hybridized carbons (Fsp3) is 0.667. The highest BCUT2D eigenvalue weighted by molar-refractivity contribution is 6.30. The van der Waals surface area contributed by atoms with Gasteiger partial charge in [0.2, 0.25) is 5.88 Å². The number of carbonyl (C=O) groups is 1. The van der Waals surface area contributed by atoms with Crippen LogP contribution in [0.1, 0.15) is 59.3 Å². The van der Waals surface area contributed by atoms with E-state index in [2.05, 4.69) is 19.8 Å². The Bertz CT molecular complexity index is 1200. The van der Waals surface area contributed by atoms with E-state index < -0.39 is 11.4 Å². The minimum absolute atomic E-state index is 0.0238. The third kappa shape index (κ3) is 4.48. The van der Waals surface area contributed by atoms with E-state index in [9.17, 15) is 4.79 Å². The number of hydrogen-bond acceptors (Lipinski definition) is 7. The maximum absolute atomic E-state index is 15.2. The van der Waals surface area contributed by atoms with Gasteiger partial charge in [-0.05, 0) is 72.4 Å². The molecule has 2 aromatic rings. The molecule has 0 N–H and O–H groups in total. The second-order valence-corrected chi connectivity index (χ2v) is 12.3. The van der Waals surface area contributed by atoms with Crippen molar-refractivity contribution in [3.8, 4) is 5.88 Å². The van der Waals surface area contributed by atoms with Gasteiger partial charge in [0.05, 0.1) is 23.3 Å². The van der Waals surface area contributed by atoms with E-state index in [0.29, 0.717) is 31.0 Å². The second kappa shape index (κ2) is 9.12. The number of aromatic nitrogens is 2. The molecule has 4 aliphatic heterocycles. The quantitative estimate of drug-likeness (QED) is 0.513. The summed E-state index contributed by atoms with van der Waals surface area (Å²) in [5, 5.41) is 0.398. The molecule has 0 spiro atoms. The van der Waals surface area contributed by atoms with Crippen LogP contribution in [-0.2, 0) is 4.74 Å². The molecule has 4 fully saturated rings. The number of amides is 1. The van der Waals surface area contributed by atoms with Gasteiger partial charge >= 0.3 is 6.09 Å². The van der Waals surface area contributed by atoms with E-state index in [-0.39, 0.29) is 34.4 Å². The number of carbonyl (C=O) groups excluding carboxylic acids is 1. The highest BCUT2D eigenvalue weighted by atomic mass is 35.5. The summed E-state index contributed by atoms with van der Waals surface area (Å²) in [5.74, 6) is -0.235. The first-order valence-corrected chi connectivity index (χ1v) is 13.8. The number of pyridine rings is 2. The average Bonchev–Trinajstić information content (AvgIpc) is 3.49. The molecule has 6 heterocycles. The molecule has 37 heavy (non-hydrogen) atoms.